The Hall–Kier alpha value is -1.77. The maximum absolute atomic E-state index is 12.3. The van der Waals surface area contributed by atoms with Gasteiger partial charge in [0.25, 0.3) is 0 Å². The van der Waals surface area contributed by atoms with Crippen LogP contribution in [0.25, 0.3) is 0 Å². The Kier molecular flexibility index (Phi) is 2.79. The Morgan fingerprint density at radius 1 is 1.10 bits per heavy atom. The lowest BCUT2D eigenvalue weighted by molar-refractivity contribution is 0.203. The van der Waals surface area contributed by atoms with Crippen LogP contribution in [0.2, 0.25) is 0 Å². The fraction of sp³-hybridized carbons (Fsp3) is 0.471. The fourth-order valence-electron chi connectivity index (χ4n) is 4.20. The summed E-state index contributed by atoms with van der Waals surface area (Å²) in [6.07, 6.45) is 6.07. The van der Waals surface area contributed by atoms with Crippen LogP contribution in [0.1, 0.15) is 12.0 Å². The third-order valence-electron chi connectivity index (χ3n) is 5.24. The normalized spacial score (nSPS) is 33.5. The molecule has 1 aliphatic heterocycles. The second kappa shape index (κ2) is 4.65. The number of hydrogen-bond donors (Lipinski definition) is 1. The summed E-state index contributed by atoms with van der Waals surface area (Å²) in [5, 5.41) is 3.05. The molecular weight excluding hydrogens is 248 g/mol. The molecule has 4 atom stereocenters. The number of nitrogens with one attached hydrogen (secondary N) is 1. The van der Waals surface area contributed by atoms with E-state index in [1.54, 1.807) is 0 Å². The summed E-state index contributed by atoms with van der Waals surface area (Å²) in [6, 6.07) is 10.2. The zero-order valence-corrected chi connectivity index (χ0v) is 11.5. The Labute approximate surface area is 119 Å². The number of carbonyl (C=O) groups is 1. The summed E-state index contributed by atoms with van der Waals surface area (Å²) in [7, 11) is 0. The summed E-state index contributed by atoms with van der Waals surface area (Å²) in [5.41, 5.74) is 1.15. The van der Waals surface area contributed by atoms with Crippen molar-refractivity contribution in [3.05, 3.63) is 48.0 Å². The Morgan fingerprint density at radius 3 is 2.40 bits per heavy atom. The predicted molar refractivity (Wildman–Crippen MR) is 78.0 cm³/mol. The summed E-state index contributed by atoms with van der Waals surface area (Å²) in [6.45, 7) is 2.50. The molecule has 0 spiro atoms. The van der Waals surface area contributed by atoms with Crippen LogP contribution in [0.15, 0.2) is 42.5 Å². The van der Waals surface area contributed by atoms with Crippen molar-refractivity contribution in [1.29, 1.82) is 0 Å². The number of rotatable bonds is 2. The average Bonchev–Trinajstić information content (AvgIpc) is 3.17. The highest BCUT2D eigenvalue weighted by Gasteiger charge is 2.50. The SMILES string of the molecule is O=C(NCc1ccccc1)N1C[C@@H]2C3C=CC(C3)[C@@H]2C1. The molecule has 4 rings (SSSR count). The van der Waals surface area contributed by atoms with E-state index in [9.17, 15) is 4.79 Å². The standard InChI is InChI=1S/C17H20N2O/c20-17(18-9-12-4-2-1-3-5-12)19-10-15-13-6-7-14(8-13)16(15)11-19/h1-7,13-16H,8-11H2,(H,18,20)/t13?,14?,15-,16+. The second-order valence-corrected chi connectivity index (χ2v) is 6.33. The molecule has 2 bridgehead atoms. The lowest BCUT2D eigenvalue weighted by atomic mass is 9.86. The minimum Gasteiger partial charge on any atom is -0.334 e. The molecule has 3 nitrogen and oxygen atoms in total. The molecule has 3 aliphatic rings. The van der Waals surface area contributed by atoms with E-state index >= 15 is 0 Å². The van der Waals surface area contributed by atoms with Crippen molar-refractivity contribution in [2.75, 3.05) is 13.1 Å². The minimum atomic E-state index is 0.0997. The Morgan fingerprint density at radius 2 is 1.75 bits per heavy atom. The maximum Gasteiger partial charge on any atom is 0.317 e. The molecule has 1 saturated heterocycles. The maximum atomic E-state index is 12.3. The third kappa shape index (κ3) is 1.92. The van der Waals surface area contributed by atoms with Gasteiger partial charge in [-0.05, 0) is 35.7 Å². The quantitative estimate of drug-likeness (QED) is 0.822. The van der Waals surface area contributed by atoms with Gasteiger partial charge in [-0.3, -0.25) is 0 Å². The zero-order chi connectivity index (χ0) is 13.5. The first kappa shape index (κ1) is 12.0. The van der Waals surface area contributed by atoms with E-state index in [1.807, 2.05) is 35.2 Å². The molecule has 1 aromatic carbocycles. The summed E-state index contributed by atoms with van der Waals surface area (Å²) in [4.78, 5) is 14.3. The van der Waals surface area contributed by atoms with E-state index in [0.717, 1.165) is 30.5 Å². The van der Waals surface area contributed by atoms with E-state index in [4.69, 9.17) is 0 Å². The van der Waals surface area contributed by atoms with Crippen LogP contribution in [0.3, 0.4) is 0 Å². The first-order valence-corrected chi connectivity index (χ1v) is 7.56. The van der Waals surface area contributed by atoms with Gasteiger partial charge in [-0.25, -0.2) is 4.79 Å². The van der Waals surface area contributed by atoms with Gasteiger partial charge in [-0.2, -0.15) is 0 Å². The van der Waals surface area contributed by atoms with E-state index < -0.39 is 0 Å². The first-order chi connectivity index (χ1) is 9.81. The molecule has 2 aliphatic carbocycles. The van der Waals surface area contributed by atoms with Crippen molar-refractivity contribution in [3.8, 4) is 0 Å². The van der Waals surface area contributed by atoms with E-state index in [0.29, 0.717) is 18.4 Å². The van der Waals surface area contributed by atoms with Crippen LogP contribution in [0.4, 0.5) is 4.79 Å². The van der Waals surface area contributed by atoms with E-state index in [-0.39, 0.29) is 6.03 Å². The molecule has 0 radical (unpaired) electrons. The third-order valence-corrected chi connectivity index (χ3v) is 5.24. The lowest BCUT2D eigenvalue weighted by Gasteiger charge is -2.19. The van der Waals surface area contributed by atoms with Gasteiger partial charge in [0.1, 0.15) is 0 Å². The van der Waals surface area contributed by atoms with Crippen LogP contribution in [-0.2, 0) is 6.54 Å². The molecule has 1 heterocycles. The van der Waals surface area contributed by atoms with Crippen LogP contribution in [0, 0.1) is 23.7 Å². The number of fused-ring (bicyclic) bond motifs is 5. The average molecular weight is 268 g/mol. The second-order valence-electron chi connectivity index (χ2n) is 6.33. The number of hydrogen-bond acceptors (Lipinski definition) is 1. The number of allylic oxidation sites excluding steroid dienone is 2. The van der Waals surface area contributed by atoms with Crippen LogP contribution in [-0.4, -0.2) is 24.0 Å². The van der Waals surface area contributed by atoms with Gasteiger partial charge in [0, 0.05) is 19.6 Å². The molecule has 2 amide bonds. The topological polar surface area (TPSA) is 32.3 Å². The Balaban J connectivity index is 1.35. The van der Waals surface area contributed by atoms with E-state index in [2.05, 4.69) is 17.5 Å². The number of carbonyl (C=O) groups excluding carboxylic acids is 1. The lowest BCUT2D eigenvalue weighted by Crippen LogP contribution is -2.39. The van der Waals surface area contributed by atoms with E-state index in [1.165, 1.54) is 6.42 Å². The summed E-state index contributed by atoms with van der Waals surface area (Å²) in [5.74, 6) is 2.90. The number of likely N-dealkylation sites (tertiary alicyclic amines) is 1. The molecule has 1 N–H and O–H groups in total. The molecule has 0 aromatic heterocycles. The van der Waals surface area contributed by atoms with Gasteiger partial charge in [0.15, 0.2) is 0 Å². The number of amides is 2. The zero-order valence-electron chi connectivity index (χ0n) is 11.5. The molecule has 20 heavy (non-hydrogen) atoms. The summed E-state index contributed by atoms with van der Waals surface area (Å²) < 4.78 is 0. The number of urea groups is 1. The number of benzene rings is 1. The van der Waals surface area contributed by atoms with Gasteiger partial charge in [-0.1, -0.05) is 42.5 Å². The summed E-state index contributed by atoms with van der Waals surface area (Å²) >= 11 is 0. The Bertz CT molecular complexity index is 519. The van der Waals surface area contributed by atoms with Crippen LogP contribution < -0.4 is 5.32 Å². The largest absolute Gasteiger partial charge is 0.334 e. The van der Waals surface area contributed by atoms with Crippen molar-refractivity contribution < 1.29 is 4.79 Å². The smallest absolute Gasteiger partial charge is 0.317 e. The van der Waals surface area contributed by atoms with Gasteiger partial charge >= 0.3 is 6.03 Å². The highest BCUT2D eigenvalue weighted by molar-refractivity contribution is 5.74. The molecule has 1 aromatic rings. The van der Waals surface area contributed by atoms with Crippen molar-refractivity contribution in [2.45, 2.75) is 13.0 Å². The highest BCUT2D eigenvalue weighted by atomic mass is 16.2. The minimum absolute atomic E-state index is 0.0997. The first-order valence-electron chi connectivity index (χ1n) is 7.56. The number of nitrogens with zero attached hydrogens (tertiary/aromatic N) is 1. The predicted octanol–water partition coefficient (Wildman–Crippen LogP) is 2.65. The van der Waals surface area contributed by atoms with Crippen LogP contribution >= 0.6 is 0 Å². The monoisotopic (exact) mass is 268 g/mol. The fourth-order valence-corrected chi connectivity index (χ4v) is 4.20. The highest BCUT2D eigenvalue weighted by Crippen LogP contribution is 2.51. The van der Waals surface area contributed by atoms with Crippen LogP contribution in [0.5, 0.6) is 0 Å². The molecule has 2 unspecified atom stereocenters. The van der Waals surface area contributed by atoms with Crippen molar-refractivity contribution in [3.63, 3.8) is 0 Å². The van der Waals surface area contributed by atoms with Gasteiger partial charge in [0.2, 0.25) is 0 Å². The van der Waals surface area contributed by atoms with Gasteiger partial charge in [0.05, 0.1) is 0 Å². The molecule has 1 saturated carbocycles. The molecule has 2 fully saturated rings. The molecular formula is C17H20N2O. The van der Waals surface area contributed by atoms with Gasteiger partial charge < -0.3 is 10.2 Å². The van der Waals surface area contributed by atoms with Crippen molar-refractivity contribution >= 4 is 6.03 Å². The van der Waals surface area contributed by atoms with Crippen molar-refractivity contribution in [1.82, 2.24) is 10.2 Å². The van der Waals surface area contributed by atoms with Crippen molar-refractivity contribution in [2.24, 2.45) is 23.7 Å². The molecule has 104 valence electrons. The molecule has 3 heteroatoms. The van der Waals surface area contributed by atoms with Gasteiger partial charge in [-0.15, -0.1) is 0 Å².